The van der Waals surface area contributed by atoms with E-state index in [0.29, 0.717) is 25.7 Å². The van der Waals surface area contributed by atoms with Gasteiger partial charge in [-0.2, -0.15) is 16.8 Å². The molecule has 4 fully saturated rings. The highest BCUT2D eigenvalue weighted by Gasteiger charge is 2.66. The molecule has 4 rings (SSSR count). The normalized spacial score (nSPS) is 29.2. The summed E-state index contributed by atoms with van der Waals surface area (Å²) in [5.74, 6) is -0.888. The Bertz CT molecular complexity index is 1300. The van der Waals surface area contributed by atoms with Gasteiger partial charge in [0.15, 0.2) is 0 Å². The number of Topliss-reactive ketones (excluding diaryl/α,β-unsaturated/α-hetero) is 2. The minimum atomic E-state index is -4.08. The van der Waals surface area contributed by atoms with Gasteiger partial charge in [-0.3, -0.25) is 28.3 Å². The first-order valence-electron chi connectivity index (χ1n) is 16.3. The maximum Gasteiger partial charge on any atom is 0.322 e. The fourth-order valence-corrected chi connectivity index (χ4v) is 10.1. The summed E-state index contributed by atoms with van der Waals surface area (Å²) in [6.07, 6.45) is 3.81. The lowest BCUT2D eigenvalue weighted by molar-refractivity contribution is -0.149. The molecule has 0 amide bonds. The molecule has 0 saturated heterocycles. The highest BCUT2D eigenvalue weighted by atomic mass is 32.2. The molecule has 14 nitrogen and oxygen atoms in total. The lowest BCUT2D eigenvalue weighted by Gasteiger charge is -2.35. The fraction of sp³-hybridized carbons (Fsp3) is 0.875. The van der Waals surface area contributed by atoms with Gasteiger partial charge in [0.05, 0.1) is 34.5 Å². The van der Waals surface area contributed by atoms with Gasteiger partial charge in [-0.1, -0.05) is 27.7 Å². The molecule has 6 atom stereocenters. The van der Waals surface area contributed by atoms with Crippen LogP contribution >= 0.6 is 0 Å². The topological polar surface area (TPSA) is 248 Å². The largest absolute Gasteiger partial charge is 0.462 e. The number of hydrogen-bond donors (Lipinski definition) is 4. The highest BCUT2D eigenvalue weighted by Crippen LogP contribution is 2.65. The van der Waals surface area contributed by atoms with Crippen molar-refractivity contribution >= 4 is 43.7 Å². The molecule has 4 bridgehead atoms. The van der Waals surface area contributed by atoms with E-state index in [4.69, 9.17) is 30.0 Å². The number of carbonyl (C=O) groups is 4. The molecular weight excluding hydrogens is 668 g/mol. The van der Waals surface area contributed by atoms with E-state index < -0.39 is 54.7 Å². The highest BCUT2D eigenvalue weighted by molar-refractivity contribution is 7.86. The van der Waals surface area contributed by atoms with Gasteiger partial charge in [-0.05, 0) is 89.9 Å². The van der Waals surface area contributed by atoms with Gasteiger partial charge in [0, 0.05) is 12.8 Å². The summed E-state index contributed by atoms with van der Waals surface area (Å²) in [6.45, 7) is 18.2. The molecule has 4 aliphatic rings. The van der Waals surface area contributed by atoms with Crippen LogP contribution in [0.1, 0.15) is 108 Å². The molecule has 4 saturated carbocycles. The molecule has 0 aromatic rings. The lowest BCUT2D eigenvalue weighted by Crippen LogP contribution is -2.42. The van der Waals surface area contributed by atoms with Crippen LogP contribution < -0.4 is 11.5 Å². The van der Waals surface area contributed by atoms with Crippen LogP contribution in [0.5, 0.6) is 0 Å². The van der Waals surface area contributed by atoms with E-state index in [1.165, 1.54) is 0 Å². The van der Waals surface area contributed by atoms with Gasteiger partial charge in [0.25, 0.3) is 20.2 Å². The van der Waals surface area contributed by atoms with Crippen LogP contribution in [0.3, 0.4) is 0 Å². The van der Waals surface area contributed by atoms with Gasteiger partial charge >= 0.3 is 11.9 Å². The van der Waals surface area contributed by atoms with Crippen LogP contribution in [0.4, 0.5) is 0 Å². The number of ketones is 2. The zero-order valence-electron chi connectivity index (χ0n) is 30.1. The van der Waals surface area contributed by atoms with Crippen molar-refractivity contribution in [2.75, 3.05) is 11.5 Å². The molecule has 0 heterocycles. The first-order chi connectivity index (χ1) is 21.5. The van der Waals surface area contributed by atoms with Crippen molar-refractivity contribution in [2.45, 2.75) is 132 Å². The molecule has 280 valence electrons. The summed E-state index contributed by atoms with van der Waals surface area (Å²) in [7, 11) is -8.15. The van der Waals surface area contributed by atoms with Crippen LogP contribution in [0.25, 0.3) is 0 Å². The Balaban J connectivity index is 0.000000331. The number of esters is 2. The van der Waals surface area contributed by atoms with Gasteiger partial charge in [-0.15, -0.1) is 0 Å². The maximum atomic E-state index is 11.9. The smallest absolute Gasteiger partial charge is 0.322 e. The SMILES string of the molecule is CC(C)OC(=O)[C@@H](C)N.CC(C)OC(=O)[C@@H](C)N.CC1(C)C2CCC1(CS(=O)(=O)O)C(=O)C2.CC1(C)C2CCC1(CS(=O)(=O)O)C(=O)C2. The molecule has 6 N–H and O–H groups in total. The van der Waals surface area contributed by atoms with Crippen LogP contribution in [-0.2, 0) is 48.9 Å². The molecule has 4 unspecified atom stereocenters. The zero-order chi connectivity index (χ0) is 37.8. The average molecular weight is 727 g/mol. The van der Waals surface area contributed by atoms with Crippen molar-refractivity contribution in [3.63, 3.8) is 0 Å². The van der Waals surface area contributed by atoms with Crippen LogP contribution in [0.15, 0.2) is 0 Å². The van der Waals surface area contributed by atoms with E-state index in [1.54, 1.807) is 41.5 Å². The first kappa shape index (κ1) is 44.0. The van der Waals surface area contributed by atoms with Crippen LogP contribution in [0, 0.1) is 33.5 Å². The van der Waals surface area contributed by atoms with Crippen molar-refractivity contribution in [2.24, 2.45) is 45.0 Å². The van der Waals surface area contributed by atoms with E-state index in [2.05, 4.69) is 0 Å². The third-order valence-electron chi connectivity index (χ3n) is 10.6. The number of fused-ring (bicyclic) bond motifs is 4. The number of hydrogen-bond acceptors (Lipinski definition) is 12. The minimum absolute atomic E-state index is 0.0152. The van der Waals surface area contributed by atoms with Crippen molar-refractivity contribution < 1.29 is 54.6 Å². The Labute approximate surface area is 286 Å². The number of carbonyl (C=O) groups excluding carboxylic acids is 4. The monoisotopic (exact) mass is 726 g/mol. The molecule has 4 aliphatic carbocycles. The van der Waals surface area contributed by atoms with Gasteiger partial charge in [-0.25, -0.2) is 0 Å². The Hall–Kier alpha value is -1.98. The van der Waals surface area contributed by atoms with Crippen molar-refractivity contribution in [3.8, 4) is 0 Å². The predicted octanol–water partition coefficient (Wildman–Crippen LogP) is 3.11. The molecule has 0 radical (unpaired) electrons. The second-order valence-corrected chi connectivity index (χ2v) is 18.2. The minimum Gasteiger partial charge on any atom is -0.462 e. The van der Waals surface area contributed by atoms with Crippen molar-refractivity contribution in [3.05, 3.63) is 0 Å². The average Bonchev–Trinajstić information content (AvgIpc) is 3.40. The molecule has 0 aliphatic heterocycles. The Morgan fingerprint density at radius 3 is 1.08 bits per heavy atom. The molecular formula is C32H58N2O12S2. The van der Waals surface area contributed by atoms with E-state index in [-0.39, 0.29) is 58.4 Å². The van der Waals surface area contributed by atoms with E-state index in [0.717, 1.165) is 12.8 Å². The Morgan fingerprint density at radius 2 is 0.958 bits per heavy atom. The molecule has 0 aromatic heterocycles. The Kier molecular flexibility index (Phi) is 14.6. The standard InChI is InChI=1S/2C10H16O4S.2C6H13NO2/c2*1-9(2)7-3-4-10(9,8(11)5-7)6-15(12,13)14;2*1-4(2)9-6(8)5(3)7/h2*7H,3-6H2,1-2H3,(H,12,13,14);2*4-5H,7H2,1-3H3/t;;2*5-/m..11/s1. The van der Waals surface area contributed by atoms with Gasteiger partial charge in [0.1, 0.15) is 23.7 Å². The van der Waals surface area contributed by atoms with Gasteiger partial charge in [0.2, 0.25) is 0 Å². The maximum absolute atomic E-state index is 11.9. The Morgan fingerprint density at radius 1 is 0.688 bits per heavy atom. The third kappa shape index (κ3) is 10.5. The quantitative estimate of drug-likeness (QED) is 0.207. The second-order valence-electron chi connectivity index (χ2n) is 15.3. The fourth-order valence-electron chi connectivity index (χ4n) is 7.52. The zero-order valence-corrected chi connectivity index (χ0v) is 31.7. The second kappa shape index (κ2) is 15.9. The number of nitrogens with two attached hydrogens (primary N) is 2. The van der Waals surface area contributed by atoms with Gasteiger partial charge < -0.3 is 20.9 Å². The third-order valence-corrected chi connectivity index (χ3v) is 12.3. The predicted molar refractivity (Wildman–Crippen MR) is 180 cm³/mol. The summed E-state index contributed by atoms with van der Waals surface area (Å²) in [6, 6.07) is -1.01. The molecule has 16 heteroatoms. The van der Waals surface area contributed by atoms with Crippen LogP contribution in [0.2, 0.25) is 0 Å². The molecule has 48 heavy (non-hydrogen) atoms. The van der Waals surface area contributed by atoms with E-state index >= 15 is 0 Å². The summed E-state index contributed by atoms with van der Waals surface area (Å²) >= 11 is 0. The van der Waals surface area contributed by atoms with Crippen molar-refractivity contribution in [1.82, 2.24) is 0 Å². The van der Waals surface area contributed by atoms with E-state index in [9.17, 15) is 36.0 Å². The van der Waals surface area contributed by atoms with Crippen molar-refractivity contribution in [1.29, 1.82) is 0 Å². The summed E-state index contributed by atoms with van der Waals surface area (Å²) in [5.41, 5.74) is 8.18. The number of ether oxygens (including phenoxy) is 2. The summed E-state index contributed by atoms with van der Waals surface area (Å²) in [4.78, 5) is 45.0. The summed E-state index contributed by atoms with van der Waals surface area (Å²) < 4.78 is 71.4. The molecule has 0 spiro atoms. The lowest BCUT2D eigenvalue weighted by atomic mass is 9.70. The summed E-state index contributed by atoms with van der Waals surface area (Å²) in [5, 5.41) is 0. The van der Waals surface area contributed by atoms with E-state index in [1.807, 2.05) is 27.7 Å². The first-order valence-corrected chi connectivity index (χ1v) is 19.6. The molecule has 0 aromatic carbocycles. The van der Waals surface area contributed by atoms with Crippen LogP contribution in [-0.4, -0.2) is 85.2 Å². The number of rotatable bonds is 8.